The van der Waals surface area contributed by atoms with E-state index in [1.54, 1.807) is 11.8 Å². The minimum atomic E-state index is -0.0615. The molecule has 0 saturated heterocycles. The highest BCUT2D eigenvalue weighted by Gasteiger charge is 2.34. The second kappa shape index (κ2) is 6.48. The molecule has 1 fully saturated rings. The lowest BCUT2D eigenvalue weighted by Gasteiger charge is -2.36. The molecule has 2 aliphatic rings. The van der Waals surface area contributed by atoms with E-state index in [2.05, 4.69) is 17.3 Å². The maximum Gasteiger partial charge on any atom is 0.270 e. The fourth-order valence-electron chi connectivity index (χ4n) is 3.98. The van der Waals surface area contributed by atoms with Crippen LogP contribution in [0.2, 0.25) is 0 Å². The van der Waals surface area contributed by atoms with Gasteiger partial charge in [0.25, 0.3) is 5.91 Å². The van der Waals surface area contributed by atoms with Gasteiger partial charge in [0.2, 0.25) is 0 Å². The van der Waals surface area contributed by atoms with Crippen LogP contribution in [0.15, 0.2) is 0 Å². The highest BCUT2D eigenvalue weighted by molar-refractivity contribution is 5.94. The highest BCUT2D eigenvalue weighted by atomic mass is 16.5. The first kappa shape index (κ1) is 17.4. The van der Waals surface area contributed by atoms with E-state index in [-0.39, 0.29) is 29.8 Å². The number of nitrogens with one attached hydrogen (secondary N) is 1. The molecule has 1 aromatic rings. The summed E-state index contributed by atoms with van der Waals surface area (Å²) in [6.07, 6.45) is 4.63. The number of ether oxygens (including phenoxy) is 2. The zero-order valence-corrected chi connectivity index (χ0v) is 15.4. The first-order valence-corrected chi connectivity index (χ1v) is 8.90. The molecule has 0 spiro atoms. The Morgan fingerprint density at radius 2 is 2.04 bits per heavy atom. The molecule has 1 saturated carbocycles. The minimum absolute atomic E-state index is 0.0152. The van der Waals surface area contributed by atoms with Gasteiger partial charge in [0.15, 0.2) is 0 Å². The standard InChI is InChI=1S/C18H29N3O3/c1-11-10-14-15(12(2)24-11)20-21(4)16(14)17(22)19-13-6-8-18(3,23-5)9-7-13/h11-13H,6-10H2,1-5H3,(H,19,22)/t11-,12+,13?,18?/m1/s1. The predicted molar refractivity (Wildman–Crippen MR) is 91.0 cm³/mol. The number of aryl methyl sites for hydroxylation is 1. The summed E-state index contributed by atoms with van der Waals surface area (Å²) >= 11 is 0. The summed E-state index contributed by atoms with van der Waals surface area (Å²) in [7, 11) is 3.61. The lowest BCUT2D eigenvalue weighted by Crippen LogP contribution is -2.43. The molecule has 1 aliphatic heterocycles. The van der Waals surface area contributed by atoms with Crippen molar-refractivity contribution in [2.24, 2.45) is 7.05 Å². The van der Waals surface area contributed by atoms with E-state index < -0.39 is 0 Å². The van der Waals surface area contributed by atoms with Gasteiger partial charge in [-0.3, -0.25) is 9.48 Å². The number of aromatic nitrogens is 2. The Kier molecular flexibility index (Phi) is 4.71. The van der Waals surface area contributed by atoms with Crippen LogP contribution in [-0.2, 0) is 22.9 Å². The predicted octanol–water partition coefficient (Wildman–Crippen LogP) is 2.52. The zero-order valence-electron chi connectivity index (χ0n) is 15.4. The summed E-state index contributed by atoms with van der Waals surface area (Å²) in [6, 6.07) is 0.209. The van der Waals surface area contributed by atoms with Crippen molar-refractivity contribution in [3.63, 3.8) is 0 Å². The molecular weight excluding hydrogens is 306 g/mol. The molecule has 24 heavy (non-hydrogen) atoms. The number of amides is 1. The lowest BCUT2D eigenvalue weighted by atomic mass is 9.83. The van der Waals surface area contributed by atoms with Crippen LogP contribution in [0.5, 0.6) is 0 Å². The average Bonchev–Trinajstić information content (AvgIpc) is 2.86. The van der Waals surface area contributed by atoms with E-state index in [9.17, 15) is 4.79 Å². The molecule has 0 aromatic carbocycles. The lowest BCUT2D eigenvalue weighted by molar-refractivity contribution is -0.0287. The largest absolute Gasteiger partial charge is 0.379 e. The zero-order chi connectivity index (χ0) is 17.5. The first-order valence-electron chi connectivity index (χ1n) is 8.90. The number of hydrogen-bond donors (Lipinski definition) is 1. The second-order valence-electron chi connectivity index (χ2n) is 7.53. The Morgan fingerprint density at radius 1 is 1.38 bits per heavy atom. The normalized spacial score (nSPS) is 33.1. The molecule has 1 aromatic heterocycles. The number of nitrogens with zero attached hydrogens (tertiary/aromatic N) is 2. The maximum absolute atomic E-state index is 12.9. The summed E-state index contributed by atoms with van der Waals surface area (Å²) in [5.41, 5.74) is 2.58. The smallest absolute Gasteiger partial charge is 0.270 e. The van der Waals surface area contributed by atoms with Crippen molar-refractivity contribution in [2.45, 2.75) is 76.7 Å². The number of rotatable bonds is 3. The van der Waals surface area contributed by atoms with Gasteiger partial charge in [-0.1, -0.05) is 0 Å². The van der Waals surface area contributed by atoms with E-state index >= 15 is 0 Å². The summed E-state index contributed by atoms with van der Waals surface area (Å²) in [5.74, 6) is -0.0152. The Morgan fingerprint density at radius 3 is 2.67 bits per heavy atom. The minimum Gasteiger partial charge on any atom is -0.379 e. The molecular formula is C18H29N3O3. The second-order valence-corrected chi connectivity index (χ2v) is 7.53. The summed E-state index contributed by atoms with van der Waals surface area (Å²) in [5, 5.41) is 7.74. The van der Waals surface area contributed by atoms with E-state index in [4.69, 9.17) is 9.47 Å². The Balaban J connectivity index is 1.73. The van der Waals surface area contributed by atoms with Gasteiger partial charge in [0.05, 0.1) is 23.5 Å². The Hall–Kier alpha value is -1.40. The van der Waals surface area contributed by atoms with Crippen LogP contribution < -0.4 is 5.32 Å². The number of carbonyl (C=O) groups excluding carboxylic acids is 1. The van der Waals surface area contributed by atoms with E-state index in [0.29, 0.717) is 5.69 Å². The van der Waals surface area contributed by atoms with Crippen molar-refractivity contribution < 1.29 is 14.3 Å². The molecule has 2 heterocycles. The summed E-state index contributed by atoms with van der Waals surface area (Å²) < 4.78 is 13.1. The molecule has 6 nitrogen and oxygen atoms in total. The fraction of sp³-hybridized carbons (Fsp3) is 0.778. The third kappa shape index (κ3) is 3.22. The van der Waals surface area contributed by atoms with Gasteiger partial charge in [-0.25, -0.2) is 0 Å². The molecule has 0 bridgehead atoms. The van der Waals surface area contributed by atoms with Crippen LogP contribution in [0.3, 0.4) is 0 Å². The quantitative estimate of drug-likeness (QED) is 0.922. The van der Waals surface area contributed by atoms with E-state index in [0.717, 1.165) is 43.4 Å². The van der Waals surface area contributed by atoms with Gasteiger partial charge in [0, 0.05) is 32.2 Å². The van der Waals surface area contributed by atoms with Crippen LogP contribution in [0.25, 0.3) is 0 Å². The number of methoxy groups -OCH3 is 1. The highest BCUT2D eigenvalue weighted by Crippen LogP contribution is 2.33. The van der Waals surface area contributed by atoms with Gasteiger partial charge in [-0.05, 0) is 46.5 Å². The molecule has 1 N–H and O–H groups in total. The van der Waals surface area contributed by atoms with Gasteiger partial charge in [-0.2, -0.15) is 5.10 Å². The molecule has 0 radical (unpaired) electrons. The van der Waals surface area contributed by atoms with Crippen LogP contribution >= 0.6 is 0 Å². The van der Waals surface area contributed by atoms with Crippen molar-refractivity contribution in [3.8, 4) is 0 Å². The molecule has 1 amide bonds. The van der Waals surface area contributed by atoms with Crippen LogP contribution in [0, 0.1) is 0 Å². The number of carbonyl (C=O) groups is 1. The number of fused-ring (bicyclic) bond motifs is 1. The Labute approximate surface area is 143 Å². The van der Waals surface area contributed by atoms with Crippen molar-refractivity contribution in [1.29, 1.82) is 0 Å². The molecule has 1 aliphatic carbocycles. The third-order valence-corrected chi connectivity index (χ3v) is 5.58. The van der Waals surface area contributed by atoms with Crippen molar-refractivity contribution in [3.05, 3.63) is 17.0 Å². The Bertz CT molecular complexity index is 617. The van der Waals surface area contributed by atoms with Crippen LogP contribution in [0.1, 0.15) is 74.3 Å². The average molecular weight is 335 g/mol. The topological polar surface area (TPSA) is 65.4 Å². The van der Waals surface area contributed by atoms with Gasteiger partial charge >= 0.3 is 0 Å². The van der Waals surface area contributed by atoms with Gasteiger partial charge < -0.3 is 14.8 Å². The maximum atomic E-state index is 12.9. The number of hydrogen-bond acceptors (Lipinski definition) is 4. The molecule has 3 rings (SSSR count). The molecule has 134 valence electrons. The summed E-state index contributed by atoms with van der Waals surface area (Å²) in [4.78, 5) is 12.9. The molecule has 2 atom stereocenters. The van der Waals surface area contributed by atoms with E-state index in [1.165, 1.54) is 0 Å². The summed E-state index contributed by atoms with van der Waals surface area (Å²) in [6.45, 7) is 6.18. The van der Waals surface area contributed by atoms with Gasteiger partial charge in [-0.15, -0.1) is 0 Å². The van der Waals surface area contributed by atoms with Crippen LogP contribution in [0.4, 0.5) is 0 Å². The fourth-order valence-corrected chi connectivity index (χ4v) is 3.98. The molecule has 6 heteroatoms. The van der Waals surface area contributed by atoms with E-state index in [1.807, 2.05) is 20.9 Å². The molecule has 0 unspecified atom stereocenters. The van der Waals surface area contributed by atoms with Crippen molar-refractivity contribution in [2.75, 3.05) is 7.11 Å². The SMILES string of the molecule is COC1(C)CCC(NC(=O)c2c3c(nn2C)[C@H](C)O[C@H](C)C3)CC1. The third-order valence-electron chi connectivity index (χ3n) is 5.58. The van der Waals surface area contributed by atoms with Crippen LogP contribution in [-0.4, -0.2) is 40.5 Å². The monoisotopic (exact) mass is 335 g/mol. The van der Waals surface area contributed by atoms with Gasteiger partial charge in [0.1, 0.15) is 5.69 Å². The van der Waals surface area contributed by atoms with Crippen molar-refractivity contribution in [1.82, 2.24) is 15.1 Å². The van der Waals surface area contributed by atoms with Crippen molar-refractivity contribution >= 4 is 5.91 Å². The first-order chi connectivity index (χ1) is 11.3.